The molecule has 0 radical (unpaired) electrons. The van der Waals surface area contributed by atoms with Crippen LogP contribution in [0.25, 0.3) is 86.3 Å². The van der Waals surface area contributed by atoms with Crippen LogP contribution in [0, 0.1) is 0 Å². The fraction of sp³-hybridized carbons (Fsp3) is 0. The van der Waals surface area contributed by atoms with Gasteiger partial charge in [0.05, 0.1) is 11.4 Å². The summed E-state index contributed by atoms with van der Waals surface area (Å²) in [5, 5.41) is 7.26. The smallest absolute Gasteiger partial charge is 0.135 e. The lowest BCUT2D eigenvalue weighted by molar-refractivity contribution is 0.669. The second-order valence-electron chi connectivity index (χ2n) is 14.1. The van der Waals surface area contributed by atoms with Gasteiger partial charge in [-0.2, -0.15) is 0 Å². The molecule has 0 N–H and O–H groups in total. The molecular formula is C52H33NOS. The van der Waals surface area contributed by atoms with E-state index in [1.54, 1.807) is 0 Å². The fourth-order valence-electron chi connectivity index (χ4n) is 8.31. The molecule has 55 heavy (non-hydrogen) atoms. The molecule has 0 aliphatic carbocycles. The minimum atomic E-state index is 0.895. The molecule has 9 aromatic carbocycles. The molecule has 258 valence electrons. The fourth-order valence-corrected chi connectivity index (χ4v) is 9.44. The van der Waals surface area contributed by atoms with Crippen LogP contribution < -0.4 is 4.90 Å². The summed E-state index contributed by atoms with van der Waals surface area (Å²) in [6, 6.07) is 72.4. The topological polar surface area (TPSA) is 16.4 Å². The van der Waals surface area contributed by atoms with E-state index in [-0.39, 0.29) is 0 Å². The van der Waals surface area contributed by atoms with Gasteiger partial charge in [-0.1, -0.05) is 140 Å². The lowest BCUT2D eigenvalue weighted by Gasteiger charge is -2.29. The van der Waals surface area contributed by atoms with Gasteiger partial charge in [0.15, 0.2) is 0 Å². The molecule has 2 nitrogen and oxygen atoms in total. The molecule has 0 fully saturated rings. The summed E-state index contributed by atoms with van der Waals surface area (Å²) < 4.78 is 8.80. The number of benzene rings is 9. The highest BCUT2D eigenvalue weighted by molar-refractivity contribution is 7.26. The van der Waals surface area contributed by atoms with Gasteiger partial charge >= 0.3 is 0 Å². The van der Waals surface area contributed by atoms with E-state index in [1.165, 1.54) is 47.6 Å². The van der Waals surface area contributed by atoms with Crippen molar-refractivity contribution in [3.63, 3.8) is 0 Å². The highest BCUT2D eigenvalue weighted by atomic mass is 32.1. The Balaban J connectivity index is 1.14. The van der Waals surface area contributed by atoms with Crippen LogP contribution in [0.15, 0.2) is 205 Å². The average Bonchev–Trinajstić information content (AvgIpc) is 3.82. The van der Waals surface area contributed by atoms with Crippen LogP contribution in [-0.2, 0) is 0 Å². The predicted molar refractivity (Wildman–Crippen MR) is 235 cm³/mol. The zero-order chi connectivity index (χ0) is 36.3. The summed E-state index contributed by atoms with van der Waals surface area (Å²) in [5.41, 5.74) is 12.2. The number of para-hydroxylation sites is 2. The Morgan fingerprint density at radius 2 is 0.982 bits per heavy atom. The molecule has 0 spiro atoms. The van der Waals surface area contributed by atoms with Crippen molar-refractivity contribution >= 4 is 81.3 Å². The molecule has 11 aromatic rings. The van der Waals surface area contributed by atoms with Gasteiger partial charge in [-0.25, -0.2) is 0 Å². The lowest BCUT2D eigenvalue weighted by Crippen LogP contribution is -2.11. The van der Waals surface area contributed by atoms with Crippen LogP contribution in [0.5, 0.6) is 0 Å². The molecule has 2 heterocycles. The number of hydrogen-bond donors (Lipinski definition) is 0. The Kier molecular flexibility index (Phi) is 7.39. The van der Waals surface area contributed by atoms with Crippen molar-refractivity contribution in [3.05, 3.63) is 200 Å². The summed E-state index contributed by atoms with van der Waals surface area (Å²) in [6.45, 7) is 0. The third-order valence-electron chi connectivity index (χ3n) is 10.9. The maximum Gasteiger partial charge on any atom is 0.135 e. The normalized spacial score (nSPS) is 11.6. The Morgan fingerprint density at radius 1 is 0.364 bits per heavy atom. The summed E-state index contributed by atoms with van der Waals surface area (Å²) >= 11 is 1.85. The maximum absolute atomic E-state index is 6.25. The number of anilines is 3. The van der Waals surface area contributed by atoms with Crippen LogP contribution in [0.1, 0.15) is 0 Å². The Bertz CT molecular complexity index is 3240. The van der Waals surface area contributed by atoms with E-state index < -0.39 is 0 Å². The van der Waals surface area contributed by atoms with Gasteiger partial charge in [-0.3, -0.25) is 0 Å². The summed E-state index contributed by atoms with van der Waals surface area (Å²) in [6.07, 6.45) is 0. The van der Waals surface area contributed by atoms with Gasteiger partial charge in [0, 0.05) is 42.2 Å². The minimum absolute atomic E-state index is 0.895. The van der Waals surface area contributed by atoms with Crippen molar-refractivity contribution in [3.8, 4) is 33.4 Å². The van der Waals surface area contributed by atoms with E-state index in [4.69, 9.17) is 4.42 Å². The zero-order valence-corrected chi connectivity index (χ0v) is 30.6. The molecule has 0 saturated carbocycles. The predicted octanol–water partition coefficient (Wildman–Crippen LogP) is 15.6. The number of rotatable bonds is 6. The largest absolute Gasteiger partial charge is 0.456 e. The average molecular weight is 720 g/mol. The van der Waals surface area contributed by atoms with E-state index >= 15 is 0 Å². The Morgan fingerprint density at radius 3 is 1.87 bits per heavy atom. The maximum atomic E-state index is 6.25. The Hall–Kier alpha value is -6.94. The molecule has 11 rings (SSSR count). The van der Waals surface area contributed by atoms with Gasteiger partial charge < -0.3 is 9.32 Å². The van der Waals surface area contributed by atoms with Crippen LogP contribution in [0.2, 0.25) is 0 Å². The van der Waals surface area contributed by atoms with Gasteiger partial charge in [-0.05, 0) is 99.3 Å². The van der Waals surface area contributed by atoms with Crippen LogP contribution >= 0.6 is 11.3 Å². The van der Waals surface area contributed by atoms with Crippen molar-refractivity contribution in [1.29, 1.82) is 0 Å². The number of fused-ring (bicyclic) bond motifs is 7. The van der Waals surface area contributed by atoms with Crippen molar-refractivity contribution in [1.82, 2.24) is 0 Å². The monoisotopic (exact) mass is 719 g/mol. The zero-order valence-electron chi connectivity index (χ0n) is 29.8. The molecule has 0 atom stereocenters. The van der Waals surface area contributed by atoms with E-state index in [9.17, 15) is 0 Å². The molecule has 3 heteroatoms. The van der Waals surface area contributed by atoms with Crippen LogP contribution in [0.3, 0.4) is 0 Å². The molecule has 0 saturated heterocycles. The molecule has 0 aliphatic heterocycles. The third-order valence-corrected chi connectivity index (χ3v) is 12.0. The highest BCUT2D eigenvalue weighted by Crippen LogP contribution is 2.48. The number of thiophene rings is 1. The summed E-state index contributed by atoms with van der Waals surface area (Å²) in [5.74, 6) is 0. The highest BCUT2D eigenvalue weighted by Gasteiger charge is 2.22. The Labute approximate surface area is 322 Å². The first-order valence-electron chi connectivity index (χ1n) is 18.7. The minimum Gasteiger partial charge on any atom is -0.456 e. The molecule has 2 aromatic heterocycles. The van der Waals surface area contributed by atoms with Crippen molar-refractivity contribution < 1.29 is 4.42 Å². The van der Waals surface area contributed by atoms with Crippen molar-refractivity contribution in [2.75, 3.05) is 4.90 Å². The van der Waals surface area contributed by atoms with E-state index in [0.717, 1.165) is 55.7 Å². The van der Waals surface area contributed by atoms with Gasteiger partial charge in [0.25, 0.3) is 0 Å². The second kappa shape index (κ2) is 12.9. The number of hydrogen-bond acceptors (Lipinski definition) is 3. The van der Waals surface area contributed by atoms with E-state index in [1.807, 2.05) is 23.5 Å². The first kappa shape index (κ1) is 31.6. The SMILES string of the molecule is c1cc(-c2ccccc2-c2ccc3ccccc3c2)cc(N(c2ccccc2-c2ccc3oc4ccccc4c3c2)c2cccc3sc4ccccc4c23)c1. The summed E-state index contributed by atoms with van der Waals surface area (Å²) in [7, 11) is 0. The second-order valence-corrected chi connectivity index (χ2v) is 15.2. The van der Waals surface area contributed by atoms with Crippen molar-refractivity contribution in [2.24, 2.45) is 0 Å². The van der Waals surface area contributed by atoms with Crippen LogP contribution in [0.4, 0.5) is 17.1 Å². The number of furan rings is 1. The van der Waals surface area contributed by atoms with Gasteiger partial charge in [0.1, 0.15) is 11.2 Å². The molecule has 0 bridgehead atoms. The first-order chi connectivity index (χ1) is 27.3. The quantitative estimate of drug-likeness (QED) is 0.170. The first-order valence-corrected chi connectivity index (χ1v) is 19.5. The molecular weight excluding hydrogens is 687 g/mol. The molecule has 0 aliphatic rings. The molecule has 0 unspecified atom stereocenters. The lowest BCUT2D eigenvalue weighted by atomic mass is 9.93. The summed E-state index contributed by atoms with van der Waals surface area (Å²) in [4.78, 5) is 2.47. The third kappa shape index (κ3) is 5.32. The van der Waals surface area contributed by atoms with Crippen LogP contribution in [-0.4, -0.2) is 0 Å². The van der Waals surface area contributed by atoms with E-state index in [0.29, 0.717) is 0 Å². The standard InChI is InChI=1S/C52H33NOS/c1-2-14-35-31-37(28-27-34(35)13-1)41-18-4-3-17-40(41)36-15-11-16-39(32-36)53(47-23-12-26-51-52(47)44-21-7-10-25-50(44)55-51)46-22-8-5-19-42(46)38-29-30-49-45(33-38)43-20-6-9-24-48(43)54-49/h1-33H. The van der Waals surface area contributed by atoms with Crippen molar-refractivity contribution in [2.45, 2.75) is 0 Å². The van der Waals surface area contributed by atoms with E-state index in [2.05, 4.69) is 193 Å². The van der Waals surface area contributed by atoms with Gasteiger partial charge in [-0.15, -0.1) is 11.3 Å². The number of nitrogens with zero attached hydrogens (tertiary/aromatic N) is 1. The molecule has 0 amide bonds. The van der Waals surface area contributed by atoms with Gasteiger partial charge in [0.2, 0.25) is 0 Å².